The van der Waals surface area contributed by atoms with Gasteiger partial charge in [0.05, 0.1) is 11.9 Å². The molecule has 0 saturated heterocycles. The third-order valence-electron chi connectivity index (χ3n) is 4.92. The molecule has 0 fully saturated rings. The summed E-state index contributed by atoms with van der Waals surface area (Å²) < 4.78 is 35.9. The quantitative estimate of drug-likeness (QED) is 0.370. The second-order valence-electron chi connectivity index (χ2n) is 6.91. The molecule has 0 spiro atoms. The first-order valence-electron chi connectivity index (χ1n) is 9.47. The molecule has 1 heterocycles. The second kappa shape index (κ2) is 9.07. The van der Waals surface area contributed by atoms with Gasteiger partial charge in [-0.25, -0.2) is 8.42 Å². The third-order valence-corrected chi connectivity index (χ3v) is 5.92. The van der Waals surface area contributed by atoms with E-state index in [1.165, 1.54) is 34.6 Å². The van der Waals surface area contributed by atoms with Gasteiger partial charge in [-0.05, 0) is 30.7 Å². The maximum atomic E-state index is 10.5. The van der Waals surface area contributed by atoms with Crippen LogP contribution in [0.25, 0.3) is 22.5 Å². The molecule has 0 N–H and O–H groups in total. The van der Waals surface area contributed by atoms with Crippen LogP contribution in [0.3, 0.4) is 0 Å². The van der Waals surface area contributed by atoms with Crippen molar-refractivity contribution in [3.63, 3.8) is 0 Å². The summed E-state index contributed by atoms with van der Waals surface area (Å²) in [6, 6.07) is 29.3. The Morgan fingerprint density at radius 2 is 1.30 bits per heavy atom. The lowest BCUT2D eigenvalue weighted by atomic mass is 10.1. The predicted molar refractivity (Wildman–Crippen MR) is 117 cm³/mol. The van der Waals surface area contributed by atoms with Crippen molar-refractivity contribution in [1.82, 2.24) is 4.68 Å². The molecule has 6 heteroatoms. The van der Waals surface area contributed by atoms with E-state index in [9.17, 15) is 13.0 Å². The standard InChI is InChI=1S/C17H17N2.C7H8O3S/c1-18-16(14-9-5-3-6-10-14)13-17(19(18)2)15-11-7-4-8-12-15;1-6-4-2-3-5-7(6)11(8,9)10/h3-13H,1-2H3;2-5H,1H3,(H,8,9,10)/q+1;/p-1. The summed E-state index contributed by atoms with van der Waals surface area (Å²) in [5.41, 5.74) is 5.41. The molecular formula is C24H24N2O3S. The second-order valence-corrected chi connectivity index (χ2v) is 8.26. The maximum absolute atomic E-state index is 10.5. The Morgan fingerprint density at radius 3 is 1.80 bits per heavy atom. The SMILES string of the molecule is Cc1ccccc1S(=O)(=O)[O-].Cn1c(-c2ccccc2)cc(-c2ccccc2)[n+]1C. The van der Waals surface area contributed by atoms with Crippen LogP contribution in [0.1, 0.15) is 5.56 Å². The Balaban J connectivity index is 0.000000199. The zero-order valence-corrected chi connectivity index (χ0v) is 18.0. The summed E-state index contributed by atoms with van der Waals surface area (Å²) in [7, 11) is -0.0994. The van der Waals surface area contributed by atoms with Crippen molar-refractivity contribution in [2.75, 3.05) is 0 Å². The zero-order chi connectivity index (χ0) is 21.7. The van der Waals surface area contributed by atoms with Crippen molar-refractivity contribution in [2.45, 2.75) is 11.8 Å². The lowest BCUT2D eigenvalue weighted by Gasteiger charge is -2.08. The topological polar surface area (TPSA) is 66.0 Å². The van der Waals surface area contributed by atoms with Gasteiger partial charge >= 0.3 is 0 Å². The molecule has 0 saturated carbocycles. The normalized spacial score (nSPS) is 10.9. The minimum atomic E-state index is -4.28. The fourth-order valence-electron chi connectivity index (χ4n) is 3.23. The van der Waals surface area contributed by atoms with E-state index in [0.29, 0.717) is 5.56 Å². The van der Waals surface area contributed by atoms with Gasteiger partial charge in [-0.2, -0.15) is 4.68 Å². The zero-order valence-electron chi connectivity index (χ0n) is 17.2. The minimum absolute atomic E-state index is 0.139. The van der Waals surface area contributed by atoms with Crippen molar-refractivity contribution in [2.24, 2.45) is 14.1 Å². The molecule has 0 bridgehead atoms. The Morgan fingerprint density at radius 1 is 0.800 bits per heavy atom. The largest absolute Gasteiger partial charge is 0.744 e. The summed E-state index contributed by atoms with van der Waals surface area (Å²) in [6.07, 6.45) is 0. The molecule has 0 aliphatic carbocycles. The lowest BCUT2D eigenvalue weighted by molar-refractivity contribution is -0.740. The maximum Gasteiger partial charge on any atom is 0.238 e. The van der Waals surface area contributed by atoms with Gasteiger partial charge in [0.2, 0.25) is 5.69 Å². The van der Waals surface area contributed by atoms with E-state index >= 15 is 0 Å². The Bertz CT molecular complexity index is 1170. The fraction of sp³-hybridized carbons (Fsp3) is 0.125. The number of hydrogen-bond donors (Lipinski definition) is 0. The number of benzene rings is 3. The summed E-state index contributed by atoms with van der Waals surface area (Å²) >= 11 is 0. The Hall–Kier alpha value is -3.22. The van der Waals surface area contributed by atoms with Gasteiger partial charge in [-0.3, -0.25) is 0 Å². The lowest BCUT2D eigenvalue weighted by Crippen LogP contribution is -2.39. The van der Waals surface area contributed by atoms with Crippen LogP contribution in [0.2, 0.25) is 0 Å². The van der Waals surface area contributed by atoms with Crippen LogP contribution >= 0.6 is 0 Å². The van der Waals surface area contributed by atoms with E-state index in [1.54, 1.807) is 19.1 Å². The fourth-order valence-corrected chi connectivity index (χ4v) is 3.94. The van der Waals surface area contributed by atoms with Crippen LogP contribution in [0.4, 0.5) is 0 Å². The molecule has 0 atom stereocenters. The molecule has 0 radical (unpaired) electrons. The highest BCUT2D eigenvalue weighted by Crippen LogP contribution is 2.23. The molecule has 3 aromatic carbocycles. The number of aromatic nitrogens is 2. The molecule has 154 valence electrons. The van der Waals surface area contributed by atoms with Crippen LogP contribution in [0.15, 0.2) is 95.9 Å². The Labute approximate surface area is 177 Å². The van der Waals surface area contributed by atoms with Crippen LogP contribution < -0.4 is 4.68 Å². The summed E-state index contributed by atoms with van der Waals surface area (Å²) in [6.45, 7) is 1.59. The number of hydrogen-bond acceptors (Lipinski definition) is 3. The molecule has 0 aliphatic heterocycles. The highest BCUT2D eigenvalue weighted by Gasteiger charge is 2.19. The van der Waals surface area contributed by atoms with Crippen molar-refractivity contribution in [3.8, 4) is 22.5 Å². The highest BCUT2D eigenvalue weighted by molar-refractivity contribution is 7.85. The summed E-state index contributed by atoms with van der Waals surface area (Å²) in [5.74, 6) is 0. The molecule has 1 aromatic heterocycles. The molecule has 0 unspecified atom stereocenters. The van der Waals surface area contributed by atoms with Gasteiger partial charge in [-0.15, -0.1) is 4.68 Å². The first-order chi connectivity index (χ1) is 14.3. The van der Waals surface area contributed by atoms with E-state index in [2.05, 4.69) is 78.1 Å². The van der Waals surface area contributed by atoms with Crippen LogP contribution in [-0.2, 0) is 24.2 Å². The van der Waals surface area contributed by atoms with Crippen molar-refractivity contribution < 1.29 is 17.7 Å². The summed E-state index contributed by atoms with van der Waals surface area (Å²) in [4.78, 5) is -0.139. The minimum Gasteiger partial charge on any atom is -0.744 e. The van der Waals surface area contributed by atoms with Gasteiger partial charge in [0.1, 0.15) is 15.8 Å². The number of aryl methyl sites for hydroxylation is 1. The van der Waals surface area contributed by atoms with Crippen LogP contribution in [-0.4, -0.2) is 17.7 Å². The molecule has 4 aromatic rings. The first-order valence-corrected chi connectivity index (χ1v) is 10.9. The first kappa shape index (κ1) is 21.5. The van der Waals surface area contributed by atoms with Gasteiger partial charge in [0.25, 0.3) is 0 Å². The third kappa shape index (κ3) is 4.84. The average molecular weight is 421 g/mol. The van der Waals surface area contributed by atoms with E-state index in [0.717, 1.165) is 0 Å². The van der Waals surface area contributed by atoms with Gasteiger partial charge in [0, 0.05) is 17.2 Å². The molecule has 0 amide bonds. The molecule has 4 rings (SSSR count). The van der Waals surface area contributed by atoms with E-state index in [-0.39, 0.29) is 4.90 Å². The average Bonchev–Trinajstić information content (AvgIpc) is 3.04. The van der Waals surface area contributed by atoms with Crippen molar-refractivity contribution in [1.29, 1.82) is 0 Å². The predicted octanol–water partition coefficient (Wildman–Crippen LogP) is 4.08. The van der Waals surface area contributed by atoms with Crippen molar-refractivity contribution in [3.05, 3.63) is 96.6 Å². The monoisotopic (exact) mass is 420 g/mol. The highest BCUT2D eigenvalue weighted by atomic mass is 32.2. The molecule has 30 heavy (non-hydrogen) atoms. The number of rotatable bonds is 3. The van der Waals surface area contributed by atoms with Crippen LogP contribution in [0.5, 0.6) is 0 Å². The van der Waals surface area contributed by atoms with E-state index < -0.39 is 10.1 Å². The summed E-state index contributed by atoms with van der Waals surface area (Å²) in [5, 5.41) is 0. The van der Waals surface area contributed by atoms with E-state index in [1.807, 2.05) is 12.1 Å². The molecular weight excluding hydrogens is 396 g/mol. The molecule has 5 nitrogen and oxygen atoms in total. The van der Waals surface area contributed by atoms with Crippen LogP contribution in [0, 0.1) is 6.92 Å². The van der Waals surface area contributed by atoms with Gasteiger partial charge in [-0.1, -0.05) is 66.7 Å². The molecule has 0 aliphatic rings. The smallest absolute Gasteiger partial charge is 0.238 e. The van der Waals surface area contributed by atoms with Gasteiger partial charge < -0.3 is 4.55 Å². The number of nitrogens with zero attached hydrogens (tertiary/aromatic N) is 2. The van der Waals surface area contributed by atoms with E-state index in [4.69, 9.17) is 0 Å². The Kier molecular flexibility index (Phi) is 6.50. The van der Waals surface area contributed by atoms with Gasteiger partial charge in [0.15, 0.2) is 7.05 Å². The van der Waals surface area contributed by atoms with Crippen molar-refractivity contribution >= 4 is 10.1 Å².